The number of para-hydroxylation sites is 1. The summed E-state index contributed by atoms with van der Waals surface area (Å²) in [7, 11) is -3.86. The predicted molar refractivity (Wildman–Crippen MR) is 104 cm³/mol. The van der Waals surface area contributed by atoms with Crippen molar-refractivity contribution in [1.82, 2.24) is 0 Å². The Kier molecular flexibility index (Phi) is 6.12. The smallest absolute Gasteiger partial charge is 0.416 e. The molecule has 30 heavy (non-hydrogen) atoms. The first-order valence-corrected chi connectivity index (χ1v) is 10.2. The quantitative estimate of drug-likeness (QED) is 0.561. The van der Waals surface area contributed by atoms with Crippen LogP contribution in [0.15, 0.2) is 83.8 Å². The van der Waals surface area contributed by atoms with Crippen LogP contribution in [0.5, 0.6) is 0 Å². The molecular formula is C21H16F3NO4S. The van der Waals surface area contributed by atoms with Gasteiger partial charge in [0, 0.05) is 11.3 Å². The van der Waals surface area contributed by atoms with Crippen molar-refractivity contribution in [2.24, 2.45) is 0 Å². The predicted octanol–water partition coefficient (Wildman–Crippen LogP) is 4.86. The van der Waals surface area contributed by atoms with Crippen molar-refractivity contribution in [1.29, 1.82) is 0 Å². The number of hydrogen-bond acceptors (Lipinski definition) is 4. The van der Waals surface area contributed by atoms with Crippen LogP contribution in [-0.4, -0.2) is 14.4 Å². The Balaban J connectivity index is 1.69. The van der Waals surface area contributed by atoms with Crippen LogP contribution in [0.2, 0.25) is 0 Å². The maximum absolute atomic E-state index is 13.0. The number of ether oxygens (including phenoxy) is 1. The molecule has 3 rings (SSSR count). The van der Waals surface area contributed by atoms with E-state index in [1.54, 1.807) is 30.3 Å². The van der Waals surface area contributed by atoms with E-state index < -0.39 is 34.3 Å². The fourth-order valence-electron chi connectivity index (χ4n) is 2.64. The van der Waals surface area contributed by atoms with Crippen LogP contribution >= 0.6 is 0 Å². The van der Waals surface area contributed by atoms with Gasteiger partial charge >= 0.3 is 12.1 Å². The van der Waals surface area contributed by atoms with Gasteiger partial charge in [-0.3, -0.25) is 4.72 Å². The summed E-state index contributed by atoms with van der Waals surface area (Å²) >= 11 is 0. The molecule has 0 bridgehead atoms. The lowest BCUT2D eigenvalue weighted by molar-refractivity contribution is -0.138. The molecule has 0 heterocycles. The number of alkyl halides is 3. The summed E-state index contributed by atoms with van der Waals surface area (Å²) in [6.07, 6.45) is -4.56. The Morgan fingerprint density at radius 3 is 2.10 bits per heavy atom. The van der Waals surface area contributed by atoms with Crippen LogP contribution in [0.4, 0.5) is 18.9 Å². The summed E-state index contributed by atoms with van der Waals surface area (Å²) in [4.78, 5) is 12.1. The van der Waals surface area contributed by atoms with E-state index in [4.69, 9.17) is 4.74 Å². The van der Waals surface area contributed by atoms with Gasteiger partial charge in [-0.1, -0.05) is 36.4 Å². The molecule has 0 saturated carbocycles. The first kappa shape index (κ1) is 21.4. The van der Waals surface area contributed by atoms with Gasteiger partial charge in [-0.2, -0.15) is 13.2 Å². The third-order valence-corrected chi connectivity index (χ3v) is 5.51. The minimum atomic E-state index is -4.56. The Labute approximate surface area is 171 Å². The Hall–Kier alpha value is -3.33. The average molecular weight is 435 g/mol. The number of nitrogens with one attached hydrogen (secondary N) is 1. The minimum Gasteiger partial charge on any atom is -0.457 e. The molecule has 9 heteroatoms. The normalized spacial score (nSPS) is 11.7. The number of halogens is 3. The van der Waals surface area contributed by atoms with Crippen molar-refractivity contribution in [3.63, 3.8) is 0 Å². The second-order valence-electron chi connectivity index (χ2n) is 6.23. The summed E-state index contributed by atoms with van der Waals surface area (Å²) in [5.41, 5.74) is -0.668. The van der Waals surface area contributed by atoms with Gasteiger partial charge in [0.2, 0.25) is 0 Å². The molecular weight excluding hydrogens is 419 g/mol. The second kappa shape index (κ2) is 8.58. The maximum atomic E-state index is 13.0. The molecule has 0 aliphatic carbocycles. The average Bonchev–Trinajstić information content (AvgIpc) is 2.72. The van der Waals surface area contributed by atoms with E-state index in [0.29, 0.717) is 5.69 Å². The molecule has 3 aromatic carbocycles. The zero-order valence-corrected chi connectivity index (χ0v) is 16.2. The SMILES string of the molecule is O=C(OCc1ccccc1C(F)(F)F)c1ccc(S(=O)(=O)Nc2ccccc2)cc1. The van der Waals surface area contributed by atoms with E-state index in [-0.39, 0.29) is 16.0 Å². The highest BCUT2D eigenvalue weighted by atomic mass is 32.2. The van der Waals surface area contributed by atoms with E-state index in [9.17, 15) is 26.4 Å². The second-order valence-corrected chi connectivity index (χ2v) is 7.91. The van der Waals surface area contributed by atoms with E-state index in [1.807, 2.05) is 0 Å². The molecule has 0 fully saturated rings. The highest BCUT2D eigenvalue weighted by Crippen LogP contribution is 2.32. The fraction of sp³-hybridized carbons (Fsp3) is 0.0952. The number of carbonyl (C=O) groups excluding carboxylic acids is 1. The molecule has 0 saturated heterocycles. The summed E-state index contributed by atoms with van der Waals surface area (Å²) in [5, 5.41) is 0. The molecule has 0 unspecified atom stereocenters. The molecule has 0 aliphatic rings. The lowest BCUT2D eigenvalue weighted by atomic mass is 10.1. The third kappa shape index (κ3) is 5.18. The molecule has 0 atom stereocenters. The molecule has 3 aromatic rings. The van der Waals surface area contributed by atoms with Crippen LogP contribution in [0, 0.1) is 0 Å². The number of rotatable bonds is 6. The van der Waals surface area contributed by atoms with Crippen molar-refractivity contribution in [3.05, 3.63) is 95.6 Å². The van der Waals surface area contributed by atoms with Crippen LogP contribution in [0.25, 0.3) is 0 Å². The first-order valence-electron chi connectivity index (χ1n) is 8.67. The van der Waals surface area contributed by atoms with Gasteiger partial charge in [0.1, 0.15) is 6.61 Å². The Morgan fingerprint density at radius 1 is 0.867 bits per heavy atom. The minimum absolute atomic E-state index is 0.0122. The van der Waals surface area contributed by atoms with Crippen molar-refractivity contribution >= 4 is 21.7 Å². The van der Waals surface area contributed by atoms with E-state index in [2.05, 4.69) is 4.72 Å². The third-order valence-electron chi connectivity index (χ3n) is 4.11. The van der Waals surface area contributed by atoms with Crippen molar-refractivity contribution < 1.29 is 31.1 Å². The number of benzene rings is 3. The van der Waals surface area contributed by atoms with Crippen LogP contribution in [0.1, 0.15) is 21.5 Å². The van der Waals surface area contributed by atoms with Gasteiger partial charge in [0.25, 0.3) is 10.0 Å². The first-order chi connectivity index (χ1) is 14.2. The lowest BCUT2D eigenvalue weighted by Gasteiger charge is -2.13. The van der Waals surface area contributed by atoms with E-state index >= 15 is 0 Å². The maximum Gasteiger partial charge on any atom is 0.416 e. The highest BCUT2D eigenvalue weighted by Gasteiger charge is 2.33. The zero-order valence-electron chi connectivity index (χ0n) is 15.4. The lowest BCUT2D eigenvalue weighted by Crippen LogP contribution is -2.14. The zero-order chi connectivity index (χ0) is 21.8. The Morgan fingerprint density at radius 2 is 1.47 bits per heavy atom. The van der Waals surface area contributed by atoms with Crippen molar-refractivity contribution in [3.8, 4) is 0 Å². The van der Waals surface area contributed by atoms with Gasteiger partial charge in [-0.15, -0.1) is 0 Å². The van der Waals surface area contributed by atoms with Crippen LogP contribution in [-0.2, 0) is 27.5 Å². The molecule has 0 aliphatic heterocycles. The summed E-state index contributed by atoms with van der Waals surface area (Å²) in [6, 6.07) is 17.9. The number of hydrogen-bond donors (Lipinski definition) is 1. The van der Waals surface area contributed by atoms with Gasteiger partial charge in [0.05, 0.1) is 16.0 Å². The van der Waals surface area contributed by atoms with Crippen molar-refractivity contribution in [2.45, 2.75) is 17.7 Å². The monoisotopic (exact) mass is 435 g/mol. The molecule has 5 nitrogen and oxygen atoms in total. The molecule has 1 N–H and O–H groups in total. The standard InChI is InChI=1S/C21H16F3NO4S/c22-21(23,24)19-9-5-4-6-16(19)14-29-20(26)15-10-12-18(13-11-15)30(27,28)25-17-7-2-1-3-8-17/h1-13,25H,14H2. The number of sulfonamides is 1. The largest absolute Gasteiger partial charge is 0.457 e. The van der Waals surface area contributed by atoms with Gasteiger partial charge in [-0.05, 0) is 42.5 Å². The summed E-state index contributed by atoms with van der Waals surface area (Å²) in [5.74, 6) is -0.869. The highest BCUT2D eigenvalue weighted by molar-refractivity contribution is 7.92. The van der Waals surface area contributed by atoms with Crippen LogP contribution < -0.4 is 4.72 Å². The van der Waals surface area contributed by atoms with E-state index in [0.717, 1.165) is 6.07 Å². The molecule has 0 amide bonds. The fourth-order valence-corrected chi connectivity index (χ4v) is 3.70. The van der Waals surface area contributed by atoms with Gasteiger partial charge in [-0.25, -0.2) is 13.2 Å². The summed E-state index contributed by atoms with van der Waals surface area (Å²) in [6.45, 7) is -0.565. The molecule has 0 aromatic heterocycles. The molecule has 156 valence electrons. The number of anilines is 1. The molecule has 0 radical (unpaired) electrons. The van der Waals surface area contributed by atoms with E-state index in [1.165, 1.54) is 42.5 Å². The van der Waals surface area contributed by atoms with Gasteiger partial charge < -0.3 is 4.74 Å². The van der Waals surface area contributed by atoms with Gasteiger partial charge in [0.15, 0.2) is 0 Å². The number of esters is 1. The summed E-state index contributed by atoms with van der Waals surface area (Å²) < 4.78 is 71.2. The number of carbonyl (C=O) groups is 1. The topological polar surface area (TPSA) is 72.5 Å². The van der Waals surface area contributed by atoms with Crippen molar-refractivity contribution in [2.75, 3.05) is 4.72 Å². The Bertz CT molecular complexity index is 1130. The molecule has 0 spiro atoms. The van der Waals surface area contributed by atoms with Crippen LogP contribution in [0.3, 0.4) is 0 Å².